The number of morpholine rings is 1. The highest BCUT2D eigenvalue weighted by atomic mass is 32.2. The molecular formula is C20H26N2O6S2. The van der Waals surface area contributed by atoms with Gasteiger partial charge < -0.3 is 9.47 Å². The monoisotopic (exact) mass is 454 g/mol. The van der Waals surface area contributed by atoms with Gasteiger partial charge in [-0.25, -0.2) is 21.6 Å². The number of nitrogens with one attached hydrogen (secondary N) is 1. The summed E-state index contributed by atoms with van der Waals surface area (Å²) < 4.78 is 64.9. The van der Waals surface area contributed by atoms with E-state index in [0.717, 1.165) is 11.1 Å². The van der Waals surface area contributed by atoms with E-state index in [2.05, 4.69) is 4.72 Å². The van der Waals surface area contributed by atoms with Crippen molar-refractivity contribution in [2.45, 2.75) is 23.1 Å². The summed E-state index contributed by atoms with van der Waals surface area (Å²) in [5.74, 6) is 0.283. The number of hydrogen-bond donors (Lipinski definition) is 1. The van der Waals surface area contributed by atoms with Gasteiger partial charge in [0.25, 0.3) is 0 Å². The van der Waals surface area contributed by atoms with Crippen molar-refractivity contribution in [3.63, 3.8) is 0 Å². The van der Waals surface area contributed by atoms with E-state index >= 15 is 0 Å². The average molecular weight is 455 g/mol. The molecule has 0 aliphatic carbocycles. The summed E-state index contributed by atoms with van der Waals surface area (Å²) in [5, 5.41) is 0. The topological polar surface area (TPSA) is 102 Å². The molecule has 1 saturated heterocycles. The van der Waals surface area contributed by atoms with Gasteiger partial charge in [0.2, 0.25) is 20.0 Å². The molecule has 0 unspecified atom stereocenters. The molecule has 1 N–H and O–H groups in total. The summed E-state index contributed by atoms with van der Waals surface area (Å²) in [7, 11) is -5.85. The second-order valence-corrected chi connectivity index (χ2v) is 10.6. The third-order valence-electron chi connectivity index (χ3n) is 4.85. The third-order valence-corrected chi connectivity index (χ3v) is 8.24. The zero-order chi connectivity index (χ0) is 21.8. The fourth-order valence-corrected chi connectivity index (χ4v) is 5.86. The van der Waals surface area contributed by atoms with E-state index in [4.69, 9.17) is 9.47 Å². The highest BCUT2D eigenvalue weighted by Crippen LogP contribution is 2.24. The standard InChI is InChI=1S/C20H26N2O6S2/c1-16-3-8-19(27-2)20(15-16)29(23,24)21-10-9-17-4-6-18(7-5-17)30(25,26)22-11-13-28-14-12-22/h3-8,15,21H,9-14H2,1-2H3. The second kappa shape index (κ2) is 9.44. The average Bonchev–Trinajstić information content (AvgIpc) is 2.74. The van der Waals surface area contributed by atoms with E-state index in [1.807, 2.05) is 6.92 Å². The van der Waals surface area contributed by atoms with Crippen molar-refractivity contribution < 1.29 is 26.3 Å². The molecule has 30 heavy (non-hydrogen) atoms. The van der Waals surface area contributed by atoms with E-state index in [-0.39, 0.29) is 22.1 Å². The Balaban J connectivity index is 1.63. The molecular weight excluding hydrogens is 428 g/mol. The van der Waals surface area contributed by atoms with Crippen LogP contribution < -0.4 is 9.46 Å². The summed E-state index contributed by atoms with van der Waals surface area (Å²) in [6.45, 7) is 3.45. The Bertz CT molecular complexity index is 1080. The smallest absolute Gasteiger partial charge is 0.244 e. The van der Waals surface area contributed by atoms with Gasteiger partial charge in [-0.2, -0.15) is 4.31 Å². The first-order valence-corrected chi connectivity index (χ1v) is 12.5. The Morgan fingerprint density at radius 3 is 2.33 bits per heavy atom. The van der Waals surface area contributed by atoms with Gasteiger partial charge in [-0.3, -0.25) is 0 Å². The van der Waals surface area contributed by atoms with Gasteiger partial charge in [0.15, 0.2) is 0 Å². The molecule has 8 nitrogen and oxygen atoms in total. The van der Waals surface area contributed by atoms with Gasteiger partial charge in [0, 0.05) is 19.6 Å². The predicted octanol–water partition coefficient (Wildman–Crippen LogP) is 1.55. The van der Waals surface area contributed by atoms with Gasteiger partial charge in [0.1, 0.15) is 10.6 Å². The fourth-order valence-electron chi connectivity index (χ4n) is 3.17. The number of hydrogen-bond acceptors (Lipinski definition) is 6. The highest BCUT2D eigenvalue weighted by molar-refractivity contribution is 7.89. The molecule has 1 aliphatic heterocycles. The lowest BCUT2D eigenvalue weighted by atomic mass is 10.2. The van der Waals surface area contributed by atoms with Gasteiger partial charge in [-0.05, 0) is 48.7 Å². The molecule has 0 bridgehead atoms. The minimum atomic E-state index is -3.73. The normalized spacial score (nSPS) is 15.8. The Morgan fingerprint density at radius 2 is 1.70 bits per heavy atom. The summed E-state index contributed by atoms with van der Waals surface area (Å²) in [6, 6.07) is 11.5. The molecule has 0 radical (unpaired) electrons. The maximum absolute atomic E-state index is 12.7. The number of sulfonamides is 2. The van der Waals surface area contributed by atoms with Crippen molar-refractivity contribution >= 4 is 20.0 Å². The Morgan fingerprint density at radius 1 is 1.03 bits per heavy atom. The van der Waals surface area contributed by atoms with E-state index in [1.165, 1.54) is 11.4 Å². The molecule has 0 saturated carbocycles. The number of aryl methyl sites for hydroxylation is 1. The minimum absolute atomic E-state index is 0.0944. The molecule has 2 aromatic carbocycles. The van der Waals surface area contributed by atoms with Crippen LogP contribution in [0.15, 0.2) is 52.3 Å². The molecule has 1 aliphatic rings. The van der Waals surface area contributed by atoms with Gasteiger partial charge in [-0.15, -0.1) is 0 Å². The van der Waals surface area contributed by atoms with Gasteiger partial charge >= 0.3 is 0 Å². The number of ether oxygens (including phenoxy) is 2. The predicted molar refractivity (Wildman–Crippen MR) is 113 cm³/mol. The lowest BCUT2D eigenvalue weighted by Crippen LogP contribution is -2.40. The van der Waals surface area contributed by atoms with Crippen molar-refractivity contribution in [3.05, 3.63) is 53.6 Å². The van der Waals surface area contributed by atoms with Crippen molar-refractivity contribution in [1.29, 1.82) is 0 Å². The minimum Gasteiger partial charge on any atom is -0.495 e. The van der Waals surface area contributed by atoms with Crippen molar-refractivity contribution in [2.75, 3.05) is 40.0 Å². The molecule has 10 heteroatoms. The lowest BCUT2D eigenvalue weighted by molar-refractivity contribution is 0.0730. The molecule has 0 aromatic heterocycles. The SMILES string of the molecule is COc1ccc(C)cc1S(=O)(=O)NCCc1ccc(S(=O)(=O)N2CCOCC2)cc1. The van der Waals surface area contributed by atoms with Crippen LogP contribution in [0.5, 0.6) is 5.75 Å². The van der Waals surface area contributed by atoms with Crippen molar-refractivity contribution in [2.24, 2.45) is 0 Å². The first-order valence-electron chi connectivity index (χ1n) is 9.55. The highest BCUT2D eigenvalue weighted by Gasteiger charge is 2.26. The molecule has 164 valence electrons. The number of nitrogens with zero attached hydrogens (tertiary/aromatic N) is 1. The summed E-state index contributed by atoms with van der Waals surface area (Å²) in [5.41, 5.74) is 1.64. The van der Waals surface area contributed by atoms with E-state index in [0.29, 0.717) is 32.7 Å². The molecule has 2 aromatic rings. The van der Waals surface area contributed by atoms with Crippen molar-refractivity contribution in [1.82, 2.24) is 9.03 Å². The molecule has 1 heterocycles. The fraction of sp³-hybridized carbons (Fsp3) is 0.400. The van der Waals surface area contributed by atoms with Crippen molar-refractivity contribution in [3.8, 4) is 5.75 Å². The van der Waals surface area contributed by atoms with Crippen LogP contribution in [-0.4, -0.2) is 61.1 Å². The molecule has 0 amide bonds. The van der Waals surface area contributed by atoms with E-state index < -0.39 is 20.0 Å². The lowest BCUT2D eigenvalue weighted by Gasteiger charge is -2.26. The third kappa shape index (κ3) is 5.19. The number of rotatable bonds is 8. The van der Waals surface area contributed by atoms with Crippen LogP contribution in [0.4, 0.5) is 0 Å². The maximum atomic E-state index is 12.7. The zero-order valence-electron chi connectivity index (χ0n) is 17.0. The van der Waals surface area contributed by atoms with Crippen LogP contribution in [0.25, 0.3) is 0 Å². The second-order valence-electron chi connectivity index (χ2n) is 6.96. The summed E-state index contributed by atoms with van der Waals surface area (Å²) in [4.78, 5) is 0.315. The van der Waals surface area contributed by atoms with Crippen LogP contribution in [-0.2, 0) is 31.2 Å². The summed E-state index contributed by atoms with van der Waals surface area (Å²) >= 11 is 0. The maximum Gasteiger partial charge on any atom is 0.244 e. The van der Waals surface area contributed by atoms with Crippen LogP contribution in [0.2, 0.25) is 0 Å². The van der Waals surface area contributed by atoms with Crippen LogP contribution in [0.1, 0.15) is 11.1 Å². The quantitative estimate of drug-likeness (QED) is 0.649. The van der Waals surface area contributed by atoms with E-state index in [9.17, 15) is 16.8 Å². The van der Waals surface area contributed by atoms with E-state index in [1.54, 1.807) is 42.5 Å². The Kier molecular flexibility index (Phi) is 7.14. The van der Waals surface area contributed by atoms with Crippen LogP contribution in [0, 0.1) is 6.92 Å². The van der Waals surface area contributed by atoms with Crippen LogP contribution in [0.3, 0.4) is 0 Å². The molecule has 0 spiro atoms. The number of methoxy groups -OCH3 is 1. The first kappa shape index (κ1) is 22.7. The van der Waals surface area contributed by atoms with Gasteiger partial charge in [-0.1, -0.05) is 18.2 Å². The largest absolute Gasteiger partial charge is 0.495 e. The molecule has 3 rings (SSSR count). The molecule has 0 atom stereocenters. The Labute approximate surface area is 177 Å². The Hall–Kier alpha value is -1.98. The first-order chi connectivity index (χ1) is 14.2. The molecule has 1 fully saturated rings. The van der Waals surface area contributed by atoms with Gasteiger partial charge in [0.05, 0.1) is 25.2 Å². The number of benzene rings is 2. The van der Waals surface area contributed by atoms with Crippen LogP contribution >= 0.6 is 0 Å². The summed E-state index contributed by atoms with van der Waals surface area (Å²) in [6.07, 6.45) is 0.422. The zero-order valence-corrected chi connectivity index (χ0v) is 18.6.